The highest BCUT2D eigenvalue weighted by molar-refractivity contribution is 6.30. The molecular formula is C25H21ClN4O4. The number of hydrogen-bond acceptors (Lipinski definition) is 5. The first-order valence-electron chi connectivity index (χ1n) is 10.2. The SMILES string of the molecule is COc1ccc(-c2cn(-c3ccccc3)nc2C(=O)NNC(=O)c2ccc(Cl)cc2)cc1OC. The summed E-state index contributed by atoms with van der Waals surface area (Å²) in [5, 5.41) is 4.99. The van der Waals surface area contributed by atoms with Crippen LogP contribution in [0.4, 0.5) is 0 Å². The fourth-order valence-corrected chi connectivity index (χ4v) is 3.44. The van der Waals surface area contributed by atoms with Gasteiger partial charge in [-0.05, 0) is 54.1 Å². The van der Waals surface area contributed by atoms with Crippen molar-refractivity contribution in [2.24, 2.45) is 0 Å². The lowest BCUT2D eigenvalue weighted by atomic mass is 10.1. The number of rotatable bonds is 6. The third-order valence-corrected chi connectivity index (χ3v) is 5.29. The molecule has 0 unspecified atom stereocenters. The summed E-state index contributed by atoms with van der Waals surface area (Å²) in [7, 11) is 3.09. The molecule has 0 radical (unpaired) electrons. The van der Waals surface area contributed by atoms with Crippen molar-refractivity contribution in [1.82, 2.24) is 20.6 Å². The Bertz CT molecular complexity index is 1320. The average Bonchev–Trinajstić information content (AvgIpc) is 3.33. The van der Waals surface area contributed by atoms with Crippen LogP contribution in [0.5, 0.6) is 11.5 Å². The Kier molecular flexibility index (Phi) is 6.79. The first-order valence-corrected chi connectivity index (χ1v) is 10.6. The van der Waals surface area contributed by atoms with Gasteiger partial charge in [0, 0.05) is 22.3 Å². The second kappa shape index (κ2) is 10.1. The van der Waals surface area contributed by atoms with Crippen LogP contribution >= 0.6 is 11.6 Å². The molecule has 9 heteroatoms. The standard InChI is InChI=1S/C25H21ClN4O4/c1-33-21-13-10-17(14-22(21)34-2)20-15-30(19-6-4-3-5-7-19)29-23(20)25(32)28-27-24(31)16-8-11-18(26)12-9-16/h3-15H,1-2H3,(H,27,31)(H,28,32). The minimum atomic E-state index is -0.582. The van der Waals surface area contributed by atoms with Crippen molar-refractivity contribution in [1.29, 1.82) is 0 Å². The van der Waals surface area contributed by atoms with Gasteiger partial charge in [-0.25, -0.2) is 4.68 Å². The summed E-state index contributed by atoms with van der Waals surface area (Å²) in [5.74, 6) is -0.000235. The lowest BCUT2D eigenvalue weighted by Gasteiger charge is -2.10. The van der Waals surface area contributed by atoms with Crippen LogP contribution in [-0.4, -0.2) is 35.8 Å². The number of amides is 2. The molecule has 34 heavy (non-hydrogen) atoms. The molecule has 172 valence electrons. The van der Waals surface area contributed by atoms with Crippen molar-refractivity contribution < 1.29 is 19.1 Å². The van der Waals surface area contributed by atoms with E-state index in [1.165, 1.54) is 7.11 Å². The van der Waals surface area contributed by atoms with Gasteiger partial charge in [-0.1, -0.05) is 35.9 Å². The number of carbonyl (C=O) groups excluding carboxylic acids is 2. The number of nitrogens with zero attached hydrogens (tertiary/aromatic N) is 2. The molecule has 0 atom stereocenters. The molecule has 1 heterocycles. The summed E-state index contributed by atoms with van der Waals surface area (Å²) in [5.41, 5.74) is 7.31. The number of para-hydroxylation sites is 1. The highest BCUT2D eigenvalue weighted by Crippen LogP contribution is 2.34. The smallest absolute Gasteiger partial charge is 0.290 e. The zero-order valence-electron chi connectivity index (χ0n) is 18.4. The second-order valence-electron chi connectivity index (χ2n) is 7.16. The minimum Gasteiger partial charge on any atom is -0.493 e. The second-order valence-corrected chi connectivity index (χ2v) is 7.59. The number of aromatic nitrogens is 2. The van der Waals surface area contributed by atoms with Crippen molar-refractivity contribution in [3.63, 3.8) is 0 Å². The maximum absolute atomic E-state index is 13.1. The van der Waals surface area contributed by atoms with E-state index in [0.717, 1.165) is 5.69 Å². The first kappa shape index (κ1) is 22.9. The topological polar surface area (TPSA) is 94.5 Å². The number of hydrazine groups is 1. The average molecular weight is 477 g/mol. The van der Waals surface area contributed by atoms with E-state index in [1.807, 2.05) is 30.3 Å². The number of nitrogens with one attached hydrogen (secondary N) is 2. The van der Waals surface area contributed by atoms with Crippen LogP contribution in [0.15, 0.2) is 79.0 Å². The van der Waals surface area contributed by atoms with Gasteiger partial charge in [-0.15, -0.1) is 0 Å². The maximum atomic E-state index is 13.1. The van der Waals surface area contributed by atoms with E-state index in [9.17, 15) is 9.59 Å². The van der Waals surface area contributed by atoms with Gasteiger partial charge >= 0.3 is 0 Å². The van der Waals surface area contributed by atoms with Gasteiger partial charge < -0.3 is 9.47 Å². The number of hydrogen-bond donors (Lipinski definition) is 2. The highest BCUT2D eigenvalue weighted by atomic mass is 35.5. The third kappa shape index (κ3) is 4.87. The van der Waals surface area contributed by atoms with Crippen LogP contribution < -0.4 is 20.3 Å². The monoisotopic (exact) mass is 476 g/mol. The van der Waals surface area contributed by atoms with Crippen LogP contribution in [0.3, 0.4) is 0 Å². The van der Waals surface area contributed by atoms with E-state index in [2.05, 4.69) is 16.0 Å². The Balaban J connectivity index is 1.66. The van der Waals surface area contributed by atoms with Crippen LogP contribution in [0, 0.1) is 0 Å². The maximum Gasteiger partial charge on any atom is 0.290 e. The van der Waals surface area contributed by atoms with Crippen molar-refractivity contribution in [3.8, 4) is 28.3 Å². The van der Waals surface area contributed by atoms with Crippen LogP contribution in [-0.2, 0) is 0 Å². The largest absolute Gasteiger partial charge is 0.493 e. The Morgan fingerprint density at radius 2 is 1.53 bits per heavy atom. The molecule has 4 aromatic rings. The van der Waals surface area contributed by atoms with Gasteiger partial charge in [-0.2, -0.15) is 5.10 Å². The van der Waals surface area contributed by atoms with E-state index in [0.29, 0.717) is 33.2 Å². The molecule has 0 fully saturated rings. The number of halogens is 1. The predicted molar refractivity (Wildman–Crippen MR) is 128 cm³/mol. The van der Waals surface area contributed by atoms with E-state index >= 15 is 0 Å². The molecule has 3 aromatic carbocycles. The Morgan fingerprint density at radius 1 is 0.853 bits per heavy atom. The normalized spacial score (nSPS) is 10.4. The minimum absolute atomic E-state index is 0.118. The van der Waals surface area contributed by atoms with Gasteiger partial charge in [0.1, 0.15) is 0 Å². The van der Waals surface area contributed by atoms with Crippen molar-refractivity contribution in [2.45, 2.75) is 0 Å². The molecule has 0 saturated carbocycles. The Morgan fingerprint density at radius 3 is 2.21 bits per heavy atom. The molecule has 0 bridgehead atoms. The number of carbonyl (C=O) groups is 2. The molecular weight excluding hydrogens is 456 g/mol. The summed E-state index contributed by atoms with van der Waals surface area (Å²) in [4.78, 5) is 25.5. The zero-order valence-corrected chi connectivity index (χ0v) is 19.2. The Hall–Kier alpha value is -4.30. The lowest BCUT2D eigenvalue weighted by molar-refractivity contribution is 0.0844. The molecule has 8 nitrogen and oxygen atoms in total. The van der Waals surface area contributed by atoms with Crippen molar-refractivity contribution in [3.05, 3.63) is 95.3 Å². The fraction of sp³-hybridized carbons (Fsp3) is 0.0800. The van der Waals surface area contributed by atoms with Gasteiger partial charge in [0.2, 0.25) is 0 Å². The lowest BCUT2D eigenvalue weighted by Crippen LogP contribution is -2.42. The molecule has 0 saturated heterocycles. The predicted octanol–water partition coefficient (Wildman–Crippen LogP) is 4.28. The van der Waals surface area contributed by atoms with Crippen LogP contribution in [0.25, 0.3) is 16.8 Å². The summed E-state index contributed by atoms with van der Waals surface area (Å²) in [6.45, 7) is 0. The fourth-order valence-electron chi connectivity index (χ4n) is 3.32. The summed E-state index contributed by atoms with van der Waals surface area (Å²) >= 11 is 5.86. The quantitative estimate of drug-likeness (QED) is 0.405. The molecule has 2 amide bonds. The van der Waals surface area contributed by atoms with Gasteiger partial charge in [-0.3, -0.25) is 20.4 Å². The molecule has 0 aliphatic carbocycles. The number of ether oxygens (including phenoxy) is 2. The molecule has 4 rings (SSSR count). The van der Waals surface area contributed by atoms with Gasteiger partial charge in [0.15, 0.2) is 17.2 Å². The summed E-state index contributed by atoms with van der Waals surface area (Å²) < 4.78 is 12.3. The summed E-state index contributed by atoms with van der Waals surface area (Å²) in [6, 6.07) is 21.0. The Labute approximate surface area is 201 Å². The summed E-state index contributed by atoms with van der Waals surface area (Å²) in [6.07, 6.45) is 1.74. The number of benzene rings is 3. The third-order valence-electron chi connectivity index (χ3n) is 5.04. The molecule has 0 spiro atoms. The van der Waals surface area contributed by atoms with Crippen LogP contribution in [0.2, 0.25) is 5.02 Å². The molecule has 0 aliphatic heterocycles. The van der Waals surface area contributed by atoms with E-state index in [1.54, 1.807) is 60.5 Å². The number of methoxy groups -OCH3 is 2. The van der Waals surface area contributed by atoms with Gasteiger partial charge in [0.05, 0.1) is 19.9 Å². The van der Waals surface area contributed by atoms with E-state index < -0.39 is 11.8 Å². The molecule has 0 aliphatic rings. The molecule has 2 N–H and O–H groups in total. The van der Waals surface area contributed by atoms with E-state index in [4.69, 9.17) is 21.1 Å². The zero-order chi connectivity index (χ0) is 24.1. The van der Waals surface area contributed by atoms with Crippen molar-refractivity contribution in [2.75, 3.05) is 14.2 Å². The molecule has 1 aromatic heterocycles. The van der Waals surface area contributed by atoms with Gasteiger partial charge in [0.25, 0.3) is 11.8 Å². The van der Waals surface area contributed by atoms with Crippen molar-refractivity contribution >= 4 is 23.4 Å². The van der Waals surface area contributed by atoms with Crippen LogP contribution in [0.1, 0.15) is 20.8 Å². The highest BCUT2D eigenvalue weighted by Gasteiger charge is 2.21. The first-order chi connectivity index (χ1) is 16.5. The van der Waals surface area contributed by atoms with E-state index in [-0.39, 0.29) is 5.69 Å².